The molecule has 2 N–H and O–H groups in total. The fourth-order valence-electron chi connectivity index (χ4n) is 1.22. The van der Waals surface area contributed by atoms with Crippen LogP contribution in [0.4, 0.5) is 0 Å². The van der Waals surface area contributed by atoms with Crippen molar-refractivity contribution in [2.24, 2.45) is 5.73 Å². The molecular weight excluding hydrogens is 220 g/mol. The predicted octanol–water partition coefficient (Wildman–Crippen LogP) is 1.90. The molecule has 4 nitrogen and oxygen atoms in total. The Balaban J connectivity index is 2.30. The van der Waals surface area contributed by atoms with Gasteiger partial charge in [0.25, 0.3) is 0 Å². The van der Waals surface area contributed by atoms with Crippen LogP contribution in [0.2, 0.25) is 25.7 Å². The van der Waals surface area contributed by atoms with E-state index in [-0.39, 0.29) is 0 Å². The van der Waals surface area contributed by atoms with Crippen molar-refractivity contribution < 1.29 is 9.53 Å². The molecule has 0 unspecified atom stereocenters. The SMILES string of the molecule is C[Si](C)(C)CCOCn1ccc(C(N)=O)c1. The van der Waals surface area contributed by atoms with Crippen LogP contribution in [0.5, 0.6) is 0 Å². The van der Waals surface area contributed by atoms with Crippen molar-refractivity contribution >= 4 is 14.0 Å². The van der Waals surface area contributed by atoms with E-state index in [9.17, 15) is 4.79 Å². The number of amides is 1. The van der Waals surface area contributed by atoms with Crippen LogP contribution < -0.4 is 5.73 Å². The molecule has 90 valence electrons. The zero-order valence-electron chi connectivity index (χ0n) is 10.2. The quantitative estimate of drug-likeness (QED) is 0.610. The summed E-state index contributed by atoms with van der Waals surface area (Å²) in [6.45, 7) is 8.21. The smallest absolute Gasteiger partial charge is 0.250 e. The minimum atomic E-state index is -1.02. The van der Waals surface area contributed by atoms with Crippen LogP contribution >= 0.6 is 0 Å². The summed E-state index contributed by atoms with van der Waals surface area (Å²) < 4.78 is 7.36. The van der Waals surface area contributed by atoms with Crippen LogP contribution in [-0.2, 0) is 11.5 Å². The summed E-state index contributed by atoms with van der Waals surface area (Å²) >= 11 is 0. The molecule has 0 radical (unpaired) electrons. The molecule has 0 fully saturated rings. The van der Waals surface area contributed by atoms with Gasteiger partial charge in [0.1, 0.15) is 6.73 Å². The second-order valence-corrected chi connectivity index (χ2v) is 10.7. The number of nitrogens with two attached hydrogens (primary N) is 1. The summed E-state index contributed by atoms with van der Waals surface area (Å²) in [7, 11) is -1.02. The van der Waals surface area contributed by atoms with Crippen LogP contribution in [0, 0.1) is 0 Å². The van der Waals surface area contributed by atoms with Crippen molar-refractivity contribution in [1.29, 1.82) is 0 Å². The van der Waals surface area contributed by atoms with Crippen molar-refractivity contribution in [3.05, 3.63) is 24.0 Å². The lowest BCUT2D eigenvalue weighted by Crippen LogP contribution is -2.21. The molecule has 0 bridgehead atoms. The van der Waals surface area contributed by atoms with Crippen molar-refractivity contribution in [3.63, 3.8) is 0 Å². The van der Waals surface area contributed by atoms with Gasteiger partial charge < -0.3 is 15.0 Å². The lowest BCUT2D eigenvalue weighted by molar-refractivity contribution is 0.0872. The van der Waals surface area contributed by atoms with Crippen molar-refractivity contribution in [2.45, 2.75) is 32.4 Å². The standard InChI is InChI=1S/C11H20N2O2Si/c1-16(2,3)7-6-15-9-13-5-4-10(8-13)11(12)14/h4-5,8H,6-7,9H2,1-3H3,(H2,12,14). The molecule has 1 rings (SSSR count). The zero-order valence-corrected chi connectivity index (χ0v) is 11.2. The Morgan fingerprint density at radius 2 is 2.19 bits per heavy atom. The third-order valence-corrected chi connectivity index (χ3v) is 3.98. The highest BCUT2D eigenvalue weighted by atomic mass is 28.3. The maximum absolute atomic E-state index is 10.8. The highest BCUT2D eigenvalue weighted by molar-refractivity contribution is 6.76. The molecule has 0 atom stereocenters. The molecule has 0 aliphatic carbocycles. The Hall–Kier alpha value is -1.07. The lowest BCUT2D eigenvalue weighted by Gasteiger charge is -2.15. The molecule has 0 saturated carbocycles. The molecule has 0 spiro atoms. The van der Waals surface area contributed by atoms with Gasteiger partial charge in [-0.3, -0.25) is 4.79 Å². The Labute approximate surface area is 97.4 Å². The molecule has 16 heavy (non-hydrogen) atoms. The summed E-state index contributed by atoms with van der Waals surface area (Å²) in [5.41, 5.74) is 5.67. The van der Waals surface area contributed by atoms with Crippen LogP contribution in [0.3, 0.4) is 0 Å². The minimum absolute atomic E-state index is 0.402. The number of nitrogens with zero attached hydrogens (tertiary/aromatic N) is 1. The number of carbonyl (C=O) groups excluding carboxylic acids is 1. The first kappa shape index (κ1) is 13.0. The second-order valence-electron chi connectivity index (χ2n) is 5.13. The number of hydrogen-bond acceptors (Lipinski definition) is 2. The largest absolute Gasteiger partial charge is 0.366 e. The summed E-state index contributed by atoms with van der Waals surface area (Å²) in [5.74, 6) is -0.402. The highest BCUT2D eigenvalue weighted by Gasteiger charge is 2.12. The molecule has 5 heteroatoms. The van der Waals surface area contributed by atoms with E-state index < -0.39 is 14.0 Å². The van der Waals surface area contributed by atoms with E-state index in [4.69, 9.17) is 10.5 Å². The maximum Gasteiger partial charge on any atom is 0.250 e. The third kappa shape index (κ3) is 4.63. The van der Waals surface area contributed by atoms with Crippen LogP contribution in [-0.4, -0.2) is 25.2 Å². The van der Waals surface area contributed by atoms with Crippen molar-refractivity contribution in [3.8, 4) is 0 Å². The topological polar surface area (TPSA) is 57.2 Å². The maximum atomic E-state index is 10.8. The van der Waals surface area contributed by atoms with Gasteiger partial charge in [-0.2, -0.15) is 0 Å². The van der Waals surface area contributed by atoms with E-state index in [0.29, 0.717) is 12.3 Å². The van der Waals surface area contributed by atoms with Gasteiger partial charge >= 0.3 is 0 Å². The molecule has 1 aromatic heterocycles. The number of rotatable bonds is 6. The van der Waals surface area contributed by atoms with Crippen LogP contribution in [0.25, 0.3) is 0 Å². The second kappa shape index (κ2) is 5.31. The Morgan fingerprint density at radius 3 is 2.69 bits per heavy atom. The van der Waals surface area contributed by atoms with E-state index in [0.717, 1.165) is 12.7 Å². The van der Waals surface area contributed by atoms with Crippen molar-refractivity contribution in [2.75, 3.05) is 6.61 Å². The first-order valence-corrected chi connectivity index (χ1v) is 9.12. The first-order chi connectivity index (χ1) is 7.38. The average Bonchev–Trinajstić information content (AvgIpc) is 2.59. The number of aromatic nitrogens is 1. The van der Waals surface area contributed by atoms with E-state index >= 15 is 0 Å². The molecule has 0 aliphatic heterocycles. The third-order valence-electron chi connectivity index (χ3n) is 2.27. The van der Waals surface area contributed by atoms with E-state index in [1.165, 1.54) is 0 Å². The minimum Gasteiger partial charge on any atom is -0.366 e. The fraction of sp³-hybridized carbons (Fsp3) is 0.545. The number of primary amides is 1. The zero-order chi connectivity index (χ0) is 12.2. The molecule has 1 amide bonds. The number of ether oxygens (including phenoxy) is 1. The van der Waals surface area contributed by atoms with Gasteiger partial charge in [-0.15, -0.1) is 0 Å². The highest BCUT2D eigenvalue weighted by Crippen LogP contribution is 2.08. The molecule has 1 aromatic rings. The molecular formula is C11H20N2O2Si. The van der Waals surface area contributed by atoms with Gasteiger partial charge in [0.2, 0.25) is 5.91 Å². The van der Waals surface area contributed by atoms with Gasteiger partial charge in [0, 0.05) is 27.1 Å². The molecule has 0 aliphatic rings. The van der Waals surface area contributed by atoms with E-state index in [1.54, 1.807) is 18.5 Å². The van der Waals surface area contributed by atoms with Crippen LogP contribution in [0.1, 0.15) is 10.4 Å². The van der Waals surface area contributed by atoms with Gasteiger partial charge in [-0.05, 0) is 12.1 Å². The van der Waals surface area contributed by atoms with Gasteiger partial charge in [0.05, 0.1) is 5.56 Å². The monoisotopic (exact) mass is 240 g/mol. The predicted molar refractivity (Wildman–Crippen MR) is 67.1 cm³/mol. The molecule has 0 saturated heterocycles. The first-order valence-electron chi connectivity index (χ1n) is 5.42. The van der Waals surface area contributed by atoms with Gasteiger partial charge in [-0.25, -0.2) is 0 Å². The van der Waals surface area contributed by atoms with Crippen LogP contribution in [0.15, 0.2) is 18.5 Å². The average molecular weight is 240 g/mol. The Bertz CT molecular complexity index is 355. The van der Waals surface area contributed by atoms with Gasteiger partial charge in [-0.1, -0.05) is 19.6 Å². The lowest BCUT2D eigenvalue weighted by atomic mass is 10.3. The summed E-state index contributed by atoms with van der Waals surface area (Å²) in [6.07, 6.45) is 3.51. The van der Waals surface area contributed by atoms with E-state index in [2.05, 4.69) is 19.6 Å². The molecule has 0 aromatic carbocycles. The van der Waals surface area contributed by atoms with E-state index in [1.807, 2.05) is 4.57 Å². The summed E-state index contributed by atoms with van der Waals surface area (Å²) in [4.78, 5) is 10.8. The summed E-state index contributed by atoms with van der Waals surface area (Å²) in [5, 5.41) is 0. The fourth-order valence-corrected chi connectivity index (χ4v) is 1.97. The van der Waals surface area contributed by atoms with Crippen molar-refractivity contribution in [1.82, 2.24) is 4.57 Å². The summed E-state index contributed by atoms with van der Waals surface area (Å²) in [6, 6.07) is 2.85. The Morgan fingerprint density at radius 1 is 1.50 bits per heavy atom. The number of hydrogen-bond donors (Lipinski definition) is 1. The Kier molecular flexibility index (Phi) is 4.32. The molecule has 1 heterocycles. The normalized spacial score (nSPS) is 11.7. The van der Waals surface area contributed by atoms with Gasteiger partial charge in [0.15, 0.2) is 0 Å². The number of carbonyl (C=O) groups is 1.